The zero-order valence-corrected chi connectivity index (χ0v) is 14.3. The molecule has 132 valence electrons. The van der Waals surface area contributed by atoms with Gasteiger partial charge in [0, 0.05) is 19.2 Å². The fraction of sp³-hybridized carbons (Fsp3) is 0.263. The minimum atomic E-state index is -0.312. The van der Waals surface area contributed by atoms with Crippen molar-refractivity contribution in [1.82, 2.24) is 20.3 Å². The van der Waals surface area contributed by atoms with Crippen LogP contribution in [0.5, 0.6) is 0 Å². The van der Waals surface area contributed by atoms with E-state index < -0.39 is 0 Å². The molecule has 2 aromatic carbocycles. The highest BCUT2D eigenvalue weighted by molar-refractivity contribution is 5.96. The predicted octanol–water partition coefficient (Wildman–Crippen LogP) is 2.51. The Morgan fingerprint density at radius 2 is 1.92 bits per heavy atom. The maximum Gasteiger partial charge on any atom is 0.229 e. The van der Waals surface area contributed by atoms with Crippen molar-refractivity contribution in [3.63, 3.8) is 0 Å². The van der Waals surface area contributed by atoms with Gasteiger partial charge in [-0.2, -0.15) is 15.4 Å². The predicted molar refractivity (Wildman–Crippen MR) is 97.2 cm³/mol. The number of anilines is 1. The first kappa shape index (κ1) is 16.3. The summed E-state index contributed by atoms with van der Waals surface area (Å²) in [5, 5.41) is 13.6. The van der Waals surface area contributed by atoms with Gasteiger partial charge < -0.3 is 10.2 Å². The van der Waals surface area contributed by atoms with Crippen molar-refractivity contribution in [2.24, 2.45) is 5.92 Å². The van der Waals surface area contributed by atoms with Crippen LogP contribution in [0.25, 0.3) is 11.0 Å². The van der Waals surface area contributed by atoms with Crippen LogP contribution >= 0.6 is 0 Å². The number of likely N-dealkylation sites (tertiary alicyclic amines) is 1. The highest BCUT2D eigenvalue weighted by Crippen LogP contribution is 2.36. The molecule has 7 heteroatoms. The molecule has 4 rings (SSSR count). The minimum Gasteiger partial charge on any atom is -0.338 e. The second-order valence-corrected chi connectivity index (χ2v) is 6.52. The molecule has 3 aromatic rings. The fourth-order valence-corrected chi connectivity index (χ4v) is 3.57. The topological polar surface area (TPSA) is 91.0 Å². The molecule has 1 aliphatic rings. The van der Waals surface area contributed by atoms with Crippen LogP contribution in [0.2, 0.25) is 0 Å². The summed E-state index contributed by atoms with van der Waals surface area (Å²) >= 11 is 0. The number of fused-ring (bicyclic) bond motifs is 1. The van der Waals surface area contributed by atoms with E-state index in [1.807, 2.05) is 30.3 Å². The summed E-state index contributed by atoms with van der Waals surface area (Å²) in [6, 6.07) is 14.8. The Morgan fingerprint density at radius 1 is 1.15 bits per heavy atom. The number of aromatic amines is 1. The van der Waals surface area contributed by atoms with Gasteiger partial charge in [-0.1, -0.05) is 30.3 Å². The number of hydrogen-bond donors (Lipinski definition) is 2. The molecule has 0 aliphatic carbocycles. The van der Waals surface area contributed by atoms with Crippen LogP contribution in [-0.4, -0.2) is 39.2 Å². The monoisotopic (exact) mass is 349 g/mol. The molecule has 0 saturated carbocycles. The zero-order chi connectivity index (χ0) is 18.1. The van der Waals surface area contributed by atoms with E-state index in [9.17, 15) is 9.59 Å². The van der Waals surface area contributed by atoms with Gasteiger partial charge in [0.25, 0.3) is 0 Å². The van der Waals surface area contributed by atoms with Gasteiger partial charge in [0.1, 0.15) is 11.0 Å². The average molecular weight is 349 g/mol. The zero-order valence-electron chi connectivity index (χ0n) is 14.3. The van der Waals surface area contributed by atoms with Gasteiger partial charge in [-0.05, 0) is 30.2 Å². The number of rotatable bonds is 3. The van der Waals surface area contributed by atoms with E-state index in [1.165, 1.54) is 0 Å². The van der Waals surface area contributed by atoms with Crippen LogP contribution in [-0.2, 0) is 9.59 Å². The van der Waals surface area contributed by atoms with E-state index >= 15 is 0 Å². The highest BCUT2D eigenvalue weighted by atomic mass is 16.2. The van der Waals surface area contributed by atoms with Crippen molar-refractivity contribution < 1.29 is 9.59 Å². The van der Waals surface area contributed by atoms with Gasteiger partial charge in [-0.15, -0.1) is 0 Å². The van der Waals surface area contributed by atoms with E-state index in [0.29, 0.717) is 24.0 Å². The molecule has 2 atom stereocenters. The molecule has 7 nitrogen and oxygen atoms in total. The highest BCUT2D eigenvalue weighted by Gasteiger charge is 2.38. The van der Waals surface area contributed by atoms with E-state index in [4.69, 9.17) is 0 Å². The number of carbonyl (C=O) groups excluding carboxylic acids is 2. The van der Waals surface area contributed by atoms with Crippen molar-refractivity contribution in [1.29, 1.82) is 0 Å². The third-order valence-electron chi connectivity index (χ3n) is 4.92. The molecule has 2 heterocycles. The van der Waals surface area contributed by atoms with E-state index in [2.05, 4.69) is 20.7 Å². The summed E-state index contributed by atoms with van der Waals surface area (Å²) < 4.78 is 0. The second kappa shape index (κ2) is 6.59. The Balaban J connectivity index is 1.60. The standard InChI is InChI=1S/C19H19N5O2/c1-24-17(25)10-8-14(18(24)12-5-3-2-4-6-12)19(26)20-13-7-9-15-16(11-13)22-23-21-15/h2-7,9,11,14,18H,8,10H2,1H3,(H,20,26)(H,21,22,23)/t14-,18+/m0/s1. The van der Waals surface area contributed by atoms with Crippen LogP contribution < -0.4 is 5.32 Å². The van der Waals surface area contributed by atoms with Crippen LogP contribution in [0.4, 0.5) is 5.69 Å². The van der Waals surface area contributed by atoms with Gasteiger partial charge in [-0.25, -0.2) is 0 Å². The Kier molecular flexibility index (Phi) is 4.12. The normalized spacial score (nSPS) is 20.3. The van der Waals surface area contributed by atoms with Crippen molar-refractivity contribution in [3.8, 4) is 0 Å². The van der Waals surface area contributed by atoms with Gasteiger partial charge in [-0.3, -0.25) is 9.59 Å². The fourth-order valence-electron chi connectivity index (χ4n) is 3.57. The van der Waals surface area contributed by atoms with E-state index in [-0.39, 0.29) is 23.8 Å². The average Bonchev–Trinajstić information content (AvgIpc) is 3.12. The number of carbonyl (C=O) groups is 2. The Hall–Kier alpha value is -3.22. The SMILES string of the molecule is CN1C(=O)CC[C@H](C(=O)Nc2ccc3n[nH]nc3c2)[C@H]1c1ccccc1. The number of hydrogen-bond acceptors (Lipinski definition) is 4. The Bertz CT molecular complexity index is 953. The van der Waals surface area contributed by atoms with Crippen molar-refractivity contribution in [3.05, 3.63) is 54.1 Å². The van der Waals surface area contributed by atoms with E-state index in [1.54, 1.807) is 30.1 Å². The van der Waals surface area contributed by atoms with Crippen LogP contribution in [0.15, 0.2) is 48.5 Å². The Morgan fingerprint density at radius 3 is 2.73 bits per heavy atom. The molecular weight excluding hydrogens is 330 g/mol. The third-order valence-corrected chi connectivity index (χ3v) is 4.92. The summed E-state index contributed by atoms with van der Waals surface area (Å²) in [5.74, 6) is -0.346. The second-order valence-electron chi connectivity index (χ2n) is 6.52. The lowest BCUT2D eigenvalue weighted by atomic mass is 9.84. The molecule has 1 aliphatic heterocycles. The molecular formula is C19H19N5O2. The van der Waals surface area contributed by atoms with Crippen LogP contribution in [0.3, 0.4) is 0 Å². The third kappa shape index (κ3) is 2.92. The van der Waals surface area contributed by atoms with Crippen molar-refractivity contribution >= 4 is 28.5 Å². The van der Waals surface area contributed by atoms with Crippen LogP contribution in [0, 0.1) is 5.92 Å². The summed E-state index contributed by atoms with van der Waals surface area (Å²) in [6.07, 6.45) is 0.904. The van der Waals surface area contributed by atoms with Gasteiger partial charge in [0.05, 0.1) is 12.0 Å². The Labute approximate surface area is 150 Å². The lowest BCUT2D eigenvalue weighted by molar-refractivity contribution is -0.140. The molecule has 1 aromatic heterocycles. The lowest BCUT2D eigenvalue weighted by Crippen LogP contribution is -2.44. The van der Waals surface area contributed by atoms with Gasteiger partial charge >= 0.3 is 0 Å². The van der Waals surface area contributed by atoms with Crippen molar-refractivity contribution in [2.75, 3.05) is 12.4 Å². The molecule has 0 bridgehead atoms. The number of nitrogens with zero attached hydrogens (tertiary/aromatic N) is 3. The lowest BCUT2D eigenvalue weighted by Gasteiger charge is -2.38. The van der Waals surface area contributed by atoms with Crippen LogP contribution in [0.1, 0.15) is 24.4 Å². The first-order valence-electron chi connectivity index (χ1n) is 8.55. The first-order chi connectivity index (χ1) is 12.6. The summed E-state index contributed by atoms with van der Waals surface area (Å²) in [5.41, 5.74) is 3.07. The summed E-state index contributed by atoms with van der Waals surface area (Å²) in [6.45, 7) is 0. The maximum absolute atomic E-state index is 13.0. The van der Waals surface area contributed by atoms with Gasteiger partial charge in [0.2, 0.25) is 11.8 Å². The van der Waals surface area contributed by atoms with E-state index in [0.717, 1.165) is 11.1 Å². The van der Waals surface area contributed by atoms with Gasteiger partial charge in [0.15, 0.2) is 0 Å². The number of nitrogens with one attached hydrogen (secondary N) is 2. The molecule has 0 unspecified atom stereocenters. The molecule has 1 fully saturated rings. The number of aromatic nitrogens is 3. The number of amides is 2. The molecule has 26 heavy (non-hydrogen) atoms. The summed E-state index contributed by atoms with van der Waals surface area (Å²) in [4.78, 5) is 26.9. The number of piperidine rings is 1. The van der Waals surface area contributed by atoms with Crippen molar-refractivity contribution in [2.45, 2.75) is 18.9 Å². The molecule has 0 radical (unpaired) electrons. The smallest absolute Gasteiger partial charge is 0.229 e. The number of benzene rings is 2. The molecule has 2 N–H and O–H groups in total. The quantitative estimate of drug-likeness (QED) is 0.760. The molecule has 0 spiro atoms. The largest absolute Gasteiger partial charge is 0.338 e. The minimum absolute atomic E-state index is 0.0620. The number of H-pyrrole nitrogens is 1. The maximum atomic E-state index is 13.0. The molecule has 1 saturated heterocycles. The summed E-state index contributed by atoms with van der Waals surface area (Å²) in [7, 11) is 1.76. The first-order valence-corrected chi connectivity index (χ1v) is 8.55. The molecule has 2 amide bonds.